The molecule has 0 aromatic heterocycles. The molecule has 1 aromatic rings. The van der Waals surface area contributed by atoms with Crippen molar-refractivity contribution in [2.45, 2.75) is 17.7 Å². The number of carbonyl (C=O) groups excluding carboxylic acids is 1. The van der Waals surface area contributed by atoms with Gasteiger partial charge in [0.15, 0.2) is 6.29 Å². The van der Waals surface area contributed by atoms with Gasteiger partial charge in [-0.25, -0.2) is 0 Å². The van der Waals surface area contributed by atoms with E-state index in [1.165, 1.54) is 0 Å². The average Bonchev–Trinajstić information content (AvgIpc) is 2.24. The zero-order chi connectivity index (χ0) is 14.1. The number of benzene rings is 1. The van der Waals surface area contributed by atoms with Crippen molar-refractivity contribution in [3.63, 3.8) is 0 Å². The van der Waals surface area contributed by atoms with Gasteiger partial charge in [0.1, 0.15) is 0 Å². The Labute approximate surface area is 106 Å². The van der Waals surface area contributed by atoms with E-state index in [1.54, 1.807) is 0 Å². The van der Waals surface area contributed by atoms with Gasteiger partial charge < -0.3 is 0 Å². The van der Waals surface area contributed by atoms with E-state index in [1.807, 2.05) is 0 Å². The van der Waals surface area contributed by atoms with Crippen LogP contribution in [0.1, 0.15) is 27.0 Å². The van der Waals surface area contributed by atoms with Crippen molar-refractivity contribution in [2.75, 3.05) is 0 Å². The highest BCUT2D eigenvalue weighted by molar-refractivity contribution is 9.08. The molecule has 0 aliphatic rings. The molecular formula is C10H5BrF6O. The van der Waals surface area contributed by atoms with E-state index in [4.69, 9.17) is 0 Å². The number of halogens is 7. The Morgan fingerprint density at radius 2 is 1.50 bits per heavy atom. The van der Waals surface area contributed by atoms with Crippen molar-refractivity contribution in [3.05, 3.63) is 34.4 Å². The second kappa shape index (κ2) is 4.91. The summed E-state index contributed by atoms with van der Waals surface area (Å²) in [7, 11) is 0. The minimum atomic E-state index is -5.01. The van der Waals surface area contributed by atoms with Crippen LogP contribution in [0.3, 0.4) is 0 Å². The number of carbonyl (C=O) groups is 1. The second-order valence-corrected chi connectivity index (χ2v) is 3.90. The van der Waals surface area contributed by atoms with E-state index in [2.05, 4.69) is 15.9 Å². The fourth-order valence-corrected chi connectivity index (χ4v) is 1.84. The number of hydrogen-bond acceptors (Lipinski definition) is 1. The lowest BCUT2D eigenvalue weighted by atomic mass is 9.99. The van der Waals surface area contributed by atoms with E-state index in [0.717, 1.165) is 0 Å². The monoisotopic (exact) mass is 334 g/mol. The Kier molecular flexibility index (Phi) is 4.09. The summed E-state index contributed by atoms with van der Waals surface area (Å²) in [4.78, 5) is 10.5. The van der Waals surface area contributed by atoms with Crippen molar-refractivity contribution in [2.24, 2.45) is 0 Å². The Hall–Kier alpha value is -1.05. The molecule has 0 N–H and O–H groups in total. The van der Waals surface area contributed by atoms with Gasteiger partial charge in [-0.15, -0.1) is 0 Å². The molecule has 8 heteroatoms. The fraction of sp³-hybridized carbons (Fsp3) is 0.300. The molecular weight excluding hydrogens is 330 g/mol. The van der Waals surface area contributed by atoms with Gasteiger partial charge >= 0.3 is 12.4 Å². The molecule has 0 saturated heterocycles. The van der Waals surface area contributed by atoms with Gasteiger partial charge in [-0.05, 0) is 17.7 Å². The Morgan fingerprint density at radius 3 is 1.83 bits per heavy atom. The Bertz CT molecular complexity index is 463. The number of aldehydes is 1. The summed E-state index contributed by atoms with van der Waals surface area (Å²) in [6.45, 7) is 0. The lowest BCUT2D eigenvalue weighted by molar-refractivity contribution is -0.143. The Balaban J connectivity index is 3.60. The highest BCUT2D eigenvalue weighted by atomic mass is 79.9. The number of alkyl halides is 7. The third-order valence-electron chi connectivity index (χ3n) is 2.16. The average molecular weight is 335 g/mol. The Morgan fingerprint density at radius 1 is 1.00 bits per heavy atom. The molecule has 0 unspecified atom stereocenters. The van der Waals surface area contributed by atoms with Crippen LogP contribution in [0.15, 0.2) is 12.1 Å². The van der Waals surface area contributed by atoms with Gasteiger partial charge in [-0.2, -0.15) is 26.3 Å². The van der Waals surface area contributed by atoms with E-state index >= 15 is 0 Å². The third kappa shape index (κ3) is 3.04. The lowest BCUT2D eigenvalue weighted by Crippen LogP contribution is -2.15. The lowest BCUT2D eigenvalue weighted by Gasteiger charge is -2.16. The first-order valence-electron chi connectivity index (χ1n) is 4.43. The molecule has 18 heavy (non-hydrogen) atoms. The van der Waals surface area contributed by atoms with Gasteiger partial charge in [0.05, 0.1) is 11.1 Å². The summed E-state index contributed by atoms with van der Waals surface area (Å²) in [5, 5.41) is -0.305. The minimum absolute atomic E-state index is 0.0413. The molecule has 0 heterocycles. The first-order chi connectivity index (χ1) is 8.11. The van der Waals surface area contributed by atoms with Gasteiger partial charge in [0.2, 0.25) is 0 Å². The van der Waals surface area contributed by atoms with Crippen LogP contribution in [0.25, 0.3) is 0 Å². The molecule has 0 spiro atoms. The summed E-state index contributed by atoms with van der Waals surface area (Å²) >= 11 is 2.74. The SMILES string of the molecule is O=Cc1cc(CBr)c(C(F)(F)F)cc1C(F)(F)F. The van der Waals surface area contributed by atoms with Crippen LogP contribution in [0.5, 0.6) is 0 Å². The predicted molar refractivity (Wildman–Crippen MR) is 54.5 cm³/mol. The van der Waals surface area contributed by atoms with Crippen molar-refractivity contribution in [3.8, 4) is 0 Å². The third-order valence-corrected chi connectivity index (χ3v) is 2.76. The van der Waals surface area contributed by atoms with E-state index in [0.29, 0.717) is 6.07 Å². The van der Waals surface area contributed by atoms with Crippen molar-refractivity contribution in [1.29, 1.82) is 0 Å². The van der Waals surface area contributed by atoms with Crippen LogP contribution >= 0.6 is 15.9 Å². The molecule has 0 fully saturated rings. The zero-order valence-electron chi connectivity index (χ0n) is 8.49. The normalized spacial score (nSPS) is 12.6. The smallest absolute Gasteiger partial charge is 0.298 e. The molecule has 1 nitrogen and oxygen atoms in total. The summed E-state index contributed by atoms with van der Waals surface area (Å²) in [6, 6.07) is 0.549. The molecule has 0 bridgehead atoms. The number of rotatable bonds is 2. The van der Waals surface area contributed by atoms with Gasteiger partial charge in [-0.1, -0.05) is 15.9 Å². The summed E-state index contributed by atoms with van der Waals surface area (Å²) in [5.41, 5.74) is -4.23. The molecule has 0 aliphatic carbocycles. The highest BCUT2D eigenvalue weighted by Gasteiger charge is 2.39. The van der Waals surface area contributed by atoms with E-state index in [-0.39, 0.29) is 17.7 Å². The first-order valence-corrected chi connectivity index (χ1v) is 5.56. The topological polar surface area (TPSA) is 17.1 Å². The summed E-state index contributed by atoms with van der Waals surface area (Å²) < 4.78 is 75.2. The van der Waals surface area contributed by atoms with Crippen LogP contribution in [-0.2, 0) is 17.7 Å². The molecule has 0 radical (unpaired) electrons. The predicted octanol–water partition coefficient (Wildman–Crippen LogP) is 4.43. The van der Waals surface area contributed by atoms with Crippen molar-refractivity contribution in [1.82, 2.24) is 0 Å². The first kappa shape index (κ1) is 15.0. The maximum atomic E-state index is 12.6. The van der Waals surface area contributed by atoms with Crippen LogP contribution in [0.2, 0.25) is 0 Å². The largest absolute Gasteiger partial charge is 0.417 e. The molecule has 1 aromatic carbocycles. The van der Waals surface area contributed by atoms with Crippen LogP contribution in [0, 0.1) is 0 Å². The quantitative estimate of drug-likeness (QED) is 0.444. The van der Waals surface area contributed by atoms with E-state index in [9.17, 15) is 31.1 Å². The molecule has 0 aliphatic heterocycles. The van der Waals surface area contributed by atoms with Gasteiger partial charge in [0, 0.05) is 10.9 Å². The highest BCUT2D eigenvalue weighted by Crippen LogP contribution is 2.39. The fourth-order valence-electron chi connectivity index (χ4n) is 1.38. The molecule has 0 atom stereocenters. The maximum absolute atomic E-state index is 12.6. The van der Waals surface area contributed by atoms with Crippen LogP contribution in [0.4, 0.5) is 26.3 Å². The van der Waals surface area contributed by atoms with Crippen molar-refractivity contribution < 1.29 is 31.1 Å². The molecule has 1 rings (SSSR count). The van der Waals surface area contributed by atoms with Crippen molar-refractivity contribution >= 4 is 22.2 Å². The summed E-state index contributed by atoms with van der Waals surface area (Å²) in [5.74, 6) is 0. The molecule has 0 saturated carbocycles. The minimum Gasteiger partial charge on any atom is -0.298 e. The molecule has 100 valence electrons. The van der Waals surface area contributed by atoms with Gasteiger partial charge in [-0.3, -0.25) is 4.79 Å². The standard InChI is InChI=1S/C10H5BrF6O/c11-3-5-1-6(4-18)8(10(15,16)17)2-7(5)9(12,13)14/h1-2,4H,3H2. The molecule has 0 amide bonds. The number of hydrogen-bond donors (Lipinski definition) is 0. The van der Waals surface area contributed by atoms with Crippen LogP contribution in [-0.4, -0.2) is 6.29 Å². The zero-order valence-corrected chi connectivity index (χ0v) is 10.1. The van der Waals surface area contributed by atoms with Crippen LogP contribution < -0.4 is 0 Å². The second-order valence-electron chi connectivity index (χ2n) is 3.34. The van der Waals surface area contributed by atoms with E-state index < -0.39 is 34.6 Å². The van der Waals surface area contributed by atoms with Gasteiger partial charge in [0.25, 0.3) is 0 Å². The maximum Gasteiger partial charge on any atom is 0.417 e. The summed E-state index contributed by atoms with van der Waals surface area (Å²) in [6.07, 6.45) is -10.0.